The summed E-state index contributed by atoms with van der Waals surface area (Å²) in [5.74, 6) is 6.43. The molecule has 2 nitrogen and oxygen atoms in total. The van der Waals surface area contributed by atoms with Gasteiger partial charge in [0.25, 0.3) is 0 Å². The Balaban J connectivity index is 1.40. The normalized spacial score (nSPS) is 15.3. The fraction of sp³-hybridized carbons (Fsp3) is 0.185. The van der Waals surface area contributed by atoms with Crippen LogP contribution in [0, 0.1) is 11.8 Å². The van der Waals surface area contributed by atoms with Gasteiger partial charge in [0.05, 0.1) is 0 Å². The molecule has 0 atom stereocenters. The Morgan fingerprint density at radius 3 is 1.86 bits per heavy atom. The van der Waals surface area contributed by atoms with Crippen molar-refractivity contribution in [2.24, 2.45) is 5.73 Å². The van der Waals surface area contributed by atoms with Crippen molar-refractivity contribution in [2.45, 2.75) is 18.4 Å². The second-order valence-electron chi connectivity index (χ2n) is 7.65. The van der Waals surface area contributed by atoms with Crippen LogP contribution in [0.5, 0.6) is 0 Å². The molecule has 0 spiro atoms. The maximum atomic E-state index is 6.71. The van der Waals surface area contributed by atoms with Gasteiger partial charge >= 0.3 is 0 Å². The van der Waals surface area contributed by atoms with Crippen molar-refractivity contribution in [1.29, 1.82) is 0 Å². The highest BCUT2D eigenvalue weighted by Crippen LogP contribution is 2.33. The van der Waals surface area contributed by atoms with Crippen LogP contribution in [0.3, 0.4) is 0 Å². The van der Waals surface area contributed by atoms with Crippen molar-refractivity contribution in [1.82, 2.24) is 4.90 Å². The maximum Gasteiger partial charge on any atom is 0.0443 e. The molecule has 0 bridgehead atoms. The van der Waals surface area contributed by atoms with Gasteiger partial charge in [-0.15, -0.1) is 0 Å². The van der Waals surface area contributed by atoms with Gasteiger partial charge in [-0.05, 0) is 48.2 Å². The van der Waals surface area contributed by atoms with E-state index in [0.29, 0.717) is 0 Å². The number of piperidine rings is 1. The van der Waals surface area contributed by atoms with Crippen LogP contribution < -0.4 is 5.73 Å². The molecule has 3 aromatic rings. The van der Waals surface area contributed by atoms with Crippen molar-refractivity contribution in [2.75, 3.05) is 13.1 Å². The molecule has 2 N–H and O–H groups in total. The zero-order chi connectivity index (χ0) is 20.1. The Hall–Kier alpha value is -3.28. The Kier molecular flexibility index (Phi) is 5.51. The predicted molar refractivity (Wildman–Crippen MR) is 121 cm³/mol. The first kappa shape index (κ1) is 19.1. The zero-order valence-corrected chi connectivity index (χ0v) is 16.6. The fourth-order valence-corrected chi connectivity index (χ4v) is 3.83. The molecule has 1 heterocycles. The number of likely N-dealkylation sites (tertiary alicyclic amines) is 1. The lowest BCUT2D eigenvalue weighted by atomic mass is 9.81. The molecule has 3 aromatic carbocycles. The monoisotopic (exact) mass is 378 g/mol. The van der Waals surface area contributed by atoms with E-state index in [1.54, 1.807) is 0 Å². The average Bonchev–Trinajstić information content (AvgIpc) is 2.79. The van der Waals surface area contributed by atoms with Gasteiger partial charge in [-0.3, -0.25) is 0 Å². The predicted octanol–water partition coefficient (Wildman–Crippen LogP) is 5.01. The Bertz CT molecular complexity index is 1020. The van der Waals surface area contributed by atoms with Gasteiger partial charge in [0, 0.05) is 35.5 Å². The Labute approximate surface area is 173 Å². The summed E-state index contributed by atoms with van der Waals surface area (Å²) in [6, 6.07) is 28.9. The molecule has 0 amide bonds. The first-order valence-electron chi connectivity index (χ1n) is 10.1. The number of nitrogens with zero attached hydrogens (tertiary/aromatic N) is 1. The van der Waals surface area contributed by atoms with E-state index >= 15 is 0 Å². The molecule has 144 valence electrons. The average molecular weight is 379 g/mol. The second kappa shape index (κ2) is 8.39. The molecule has 0 saturated carbocycles. The third kappa shape index (κ3) is 4.42. The van der Waals surface area contributed by atoms with Crippen molar-refractivity contribution >= 4 is 5.70 Å². The molecule has 0 aliphatic carbocycles. The summed E-state index contributed by atoms with van der Waals surface area (Å²) >= 11 is 0. The molecule has 0 radical (unpaired) electrons. The largest absolute Gasteiger partial charge is 0.371 e. The van der Waals surface area contributed by atoms with Gasteiger partial charge in [-0.25, -0.2) is 0 Å². The Morgan fingerprint density at radius 1 is 0.759 bits per heavy atom. The maximum absolute atomic E-state index is 6.71. The molecule has 4 rings (SSSR count). The third-order valence-electron chi connectivity index (χ3n) is 5.73. The molecule has 1 fully saturated rings. The van der Waals surface area contributed by atoms with E-state index in [1.165, 1.54) is 5.56 Å². The summed E-state index contributed by atoms with van der Waals surface area (Å²) in [7, 11) is 0. The van der Waals surface area contributed by atoms with Crippen LogP contribution in [0.15, 0.2) is 91.5 Å². The van der Waals surface area contributed by atoms with Crippen LogP contribution in [0.4, 0.5) is 0 Å². The van der Waals surface area contributed by atoms with Gasteiger partial charge in [-0.2, -0.15) is 0 Å². The lowest BCUT2D eigenvalue weighted by Crippen LogP contribution is -2.47. The highest BCUT2D eigenvalue weighted by molar-refractivity contribution is 5.63. The van der Waals surface area contributed by atoms with Gasteiger partial charge < -0.3 is 10.6 Å². The molecule has 1 saturated heterocycles. The van der Waals surface area contributed by atoms with E-state index in [2.05, 4.69) is 71.9 Å². The van der Waals surface area contributed by atoms with Gasteiger partial charge in [0.15, 0.2) is 0 Å². The molecular weight excluding hydrogens is 352 g/mol. The molecular formula is C27H26N2. The van der Waals surface area contributed by atoms with Crippen molar-refractivity contribution in [3.05, 3.63) is 114 Å². The quantitative estimate of drug-likeness (QED) is 0.649. The molecule has 0 aromatic heterocycles. The molecule has 1 aliphatic rings. The SMILES string of the molecule is C=C(c1ccc(C#Cc2ccccc2)cc1)N1CCC(N)(c2ccccc2)CC1. The highest BCUT2D eigenvalue weighted by atomic mass is 15.1. The van der Waals surface area contributed by atoms with Crippen LogP contribution in [0.1, 0.15) is 35.1 Å². The number of rotatable bonds is 3. The van der Waals surface area contributed by atoms with Crippen LogP contribution in [-0.2, 0) is 5.54 Å². The van der Waals surface area contributed by atoms with E-state index in [-0.39, 0.29) is 5.54 Å². The molecule has 2 heteroatoms. The van der Waals surface area contributed by atoms with Crippen molar-refractivity contribution < 1.29 is 0 Å². The second-order valence-corrected chi connectivity index (χ2v) is 7.65. The standard InChI is InChI=1S/C27H26N2/c1-22(29-20-18-27(28,19-21-29)26-10-6-3-7-11-26)25-16-14-24(15-17-25)13-12-23-8-4-2-5-9-23/h2-11,14-17H,1,18-21,28H2. The van der Waals surface area contributed by atoms with E-state index in [9.17, 15) is 0 Å². The summed E-state index contributed by atoms with van der Waals surface area (Å²) in [6.07, 6.45) is 1.85. The lowest BCUT2D eigenvalue weighted by molar-refractivity contribution is 0.221. The van der Waals surface area contributed by atoms with Crippen LogP contribution in [-0.4, -0.2) is 18.0 Å². The number of hydrogen-bond donors (Lipinski definition) is 1. The topological polar surface area (TPSA) is 29.3 Å². The lowest BCUT2D eigenvalue weighted by Gasteiger charge is -2.41. The van der Waals surface area contributed by atoms with E-state index < -0.39 is 0 Å². The first-order valence-corrected chi connectivity index (χ1v) is 10.1. The van der Waals surface area contributed by atoms with Crippen molar-refractivity contribution in [3.63, 3.8) is 0 Å². The van der Waals surface area contributed by atoms with Crippen LogP contribution in [0.2, 0.25) is 0 Å². The molecule has 1 aliphatic heterocycles. The van der Waals surface area contributed by atoms with Crippen molar-refractivity contribution in [3.8, 4) is 11.8 Å². The van der Waals surface area contributed by atoms with Crippen LogP contribution in [0.25, 0.3) is 5.70 Å². The summed E-state index contributed by atoms with van der Waals surface area (Å²) in [6.45, 7) is 6.17. The van der Waals surface area contributed by atoms with E-state index in [4.69, 9.17) is 5.73 Å². The minimum atomic E-state index is -0.241. The Morgan fingerprint density at radius 2 is 1.28 bits per heavy atom. The van der Waals surface area contributed by atoms with Gasteiger partial charge in [0.2, 0.25) is 0 Å². The summed E-state index contributed by atoms with van der Waals surface area (Å²) in [5.41, 5.74) is 11.9. The highest BCUT2D eigenvalue weighted by Gasteiger charge is 2.32. The molecule has 29 heavy (non-hydrogen) atoms. The molecule has 0 unspecified atom stereocenters. The number of benzene rings is 3. The summed E-state index contributed by atoms with van der Waals surface area (Å²) in [4.78, 5) is 2.35. The zero-order valence-electron chi connectivity index (χ0n) is 16.6. The fourth-order valence-electron chi connectivity index (χ4n) is 3.83. The minimum Gasteiger partial charge on any atom is -0.371 e. The number of hydrogen-bond acceptors (Lipinski definition) is 2. The third-order valence-corrected chi connectivity index (χ3v) is 5.73. The smallest absolute Gasteiger partial charge is 0.0443 e. The summed E-state index contributed by atoms with van der Waals surface area (Å²) in [5, 5.41) is 0. The van der Waals surface area contributed by atoms with E-state index in [0.717, 1.165) is 48.3 Å². The van der Waals surface area contributed by atoms with Crippen LogP contribution >= 0.6 is 0 Å². The first-order chi connectivity index (χ1) is 14.1. The van der Waals surface area contributed by atoms with E-state index in [1.807, 2.05) is 36.4 Å². The number of nitrogens with two attached hydrogens (primary N) is 1. The van der Waals surface area contributed by atoms with Gasteiger partial charge in [-0.1, -0.05) is 79.1 Å². The van der Waals surface area contributed by atoms with Gasteiger partial charge in [0.1, 0.15) is 0 Å². The summed E-state index contributed by atoms with van der Waals surface area (Å²) < 4.78 is 0. The minimum absolute atomic E-state index is 0.241.